The molecule has 0 radical (unpaired) electrons. The number of rotatable bonds is 12. The highest BCUT2D eigenvalue weighted by Gasteiger charge is 2.39. The Morgan fingerprint density at radius 2 is 1.25 bits per heavy atom. The number of alkyl carbamates (subject to hydrolysis) is 2. The molecule has 0 saturated carbocycles. The monoisotopic (exact) mass is 863 g/mol. The predicted molar refractivity (Wildman–Crippen MR) is 228 cm³/mol. The molecule has 4 atom stereocenters. The lowest BCUT2D eigenvalue weighted by Crippen LogP contribution is -2.43. The Morgan fingerprint density at radius 1 is 0.730 bits per heavy atom. The number of aromatic nitrogens is 4. The fourth-order valence-corrected chi connectivity index (χ4v) is 9.11. The van der Waals surface area contributed by atoms with Crippen molar-refractivity contribution in [1.82, 2.24) is 40.4 Å². The van der Waals surface area contributed by atoms with E-state index in [9.17, 15) is 19.2 Å². The highest BCUT2D eigenvalue weighted by molar-refractivity contribution is 5.88. The lowest BCUT2D eigenvalue weighted by atomic mass is 9.93. The maximum absolute atomic E-state index is 15.9. The van der Waals surface area contributed by atoms with Crippen molar-refractivity contribution in [3.05, 3.63) is 125 Å². The zero-order valence-corrected chi connectivity index (χ0v) is 35.2. The average molecular weight is 864 g/mol. The molecule has 0 aliphatic carbocycles. The summed E-state index contributed by atoms with van der Waals surface area (Å²) in [5.41, 5.74) is 2.75. The minimum Gasteiger partial charge on any atom is -0.453 e. The van der Waals surface area contributed by atoms with Crippen molar-refractivity contribution in [2.45, 2.75) is 75.5 Å². The van der Waals surface area contributed by atoms with Crippen molar-refractivity contribution in [2.24, 2.45) is 0 Å². The Kier molecular flexibility index (Phi) is 13.0. The van der Waals surface area contributed by atoms with Gasteiger partial charge in [0.1, 0.15) is 41.1 Å². The molecule has 3 aromatic carbocycles. The SMILES string of the molecule is CCOC(=O)NC(C(=O)N1CCCC1c1ncc(C2CCN(c3c(F)cc(-c4cnc(C5CCCN5C(=O)C(NC(=O)OC)c5ccccc5)[nH]4)cc3F)CC2)[nH]1)c1ccccc1. The van der Waals surface area contributed by atoms with Gasteiger partial charge in [-0.3, -0.25) is 9.59 Å². The summed E-state index contributed by atoms with van der Waals surface area (Å²) in [6, 6.07) is 17.9. The number of likely N-dealkylation sites (tertiary alicyclic amines) is 2. The Hall–Kier alpha value is -6.78. The number of hydrogen-bond acceptors (Lipinski definition) is 9. The molecule has 15 nitrogen and oxygen atoms in total. The van der Waals surface area contributed by atoms with E-state index >= 15 is 8.78 Å². The van der Waals surface area contributed by atoms with Crippen LogP contribution in [0.1, 0.15) is 104 Å². The number of nitrogens with one attached hydrogen (secondary N) is 4. The molecule has 17 heteroatoms. The first-order valence-corrected chi connectivity index (χ1v) is 21.5. The maximum atomic E-state index is 15.9. The van der Waals surface area contributed by atoms with Crippen LogP contribution in [0, 0.1) is 11.6 Å². The molecule has 0 bridgehead atoms. The maximum Gasteiger partial charge on any atom is 0.408 e. The summed E-state index contributed by atoms with van der Waals surface area (Å²) in [4.78, 5) is 73.6. The summed E-state index contributed by atoms with van der Waals surface area (Å²) in [6.07, 6.45) is 5.94. The largest absolute Gasteiger partial charge is 0.453 e. The van der Waals surface area contributed by atoms with Gasteiger partial charge in [0, 0.05) is 49.6 Å². The van der Waals surface area contributed by atoms with Crippen molar-refractivity contribution >= 4 is 29.7 Å². The van der Waals surface area contributed by atoms with Gasteiger partial charge < -0.3 is 44.8 Å². The quantitative estimate of drug-likeness (QED) is 0.0997. The number of piperidine rings is 1. The van der Waals surface area contributed by atoms with Gasteiger partial charge in [0.25, 0.3) is 11.8 Å². The highest BCUT2D eigenvalue weighted by Crippen LogP contribution is 2.38. The third-order valence-corrected chi connectivity index (χ3v) is 12.2. The minimum atomic E-state index is -0.978. The van der Waals surface area contributed by atoms with Crippen LogP contribution in [0.4, 0.5) is 24.1 Å². The fourth-order valence-electron chi connectivity index (χ4n) is 9.11. The topological polar surface area (TPSA) is 178 Å². The van der Waals surface area contributed by atoms with Crippen LogP contribution >= 0.6 is 0 Å². The average Bonchev–Trinajstić information content (AvgIpc) is 4.15. The molecule has 63 heavy (non-hydrogen) atoms. The summed E-state index contributed by atoms with van der Waals surface area (Å²) >= 11 is 0. The molecule has 3 saturated heterocycles. The van der Waals surface area contributed by atoms with Gasteiger partial charge in [-0.05, 0) is 68.7 Å². The number of anilines is 1. The van der Waals surface area contributed by atoms with Gasteiger partial charge >= 0.3 is 12.2 Å². The van der Waals surface area contributed by atoms with Gasteiger partial charge in [0.05, 0.1) is 37.7 Å². The number of halogens is 2. The molecule has 4 unspecified atom stereocenters. The smallest absolute Gasteiger partial charge is 0.408 e. The lowest BCUT2D eigenvalue weighted by Gasteiger charge is -2.33. The molecular formula is C46H51F2N9O6. The van der Waals surface area contributed by atoms with Crippen LogP contribution in [0.25, 0.3) is 11.3 Å². The number of hydrogen-bond donors (Lipinski definition) is 4. The van der Waals surface area contributed by atoms with Crippen LogP contribution in [-0.4, -0.2) is 93.6 Å². The Labute approximate surface area is 363 Å². The van der Waals surface area contributed by atoms with Crippen LogP contribution < -0.4 is 15.5 Å². The summed E-state index contributed by atoms with van der Waals surface area (Å²) < 4.78 is 41.7. The van der Waals surface area contributed by atoms with E-state index in [1.807, 2.05) is 24.3 Å². The number of ether oxygens (including phenoxy) is 2. The van der Waals surface area contributed by atoms with Crippen LogP contribution in [0.5, 0.6) is 0 Å². The normalized spacial score (nSPS) is 18.8. The highest BCUT2D eigenvalue weighted by atomic mass is 19.1. The van der Waals surface area contributed by atoms with E-state index in [-0.39, 0.29) is 41.6 Å². The molecule has 3 aliphatic heterocycles. The third kappa shape index (κ3) is 9.22. The molecule has 330 valence electrons. The van der Waals surface area contributed by atoms with Gasteiger partial charge in [0.2, 0.25) is 0 Å². The summed E-state index contributed by atoms with van der Waals surface area (Å²) in [5.74, 6) is -0.764. The molecule has 3 fully saturated rings. The van der Waals surface area contributed by atoms with E-state index < -0.39 is 41.9 Å². The van der Waals surface area contributed by atoms with E-state index in [0.717, 1.165) is 12.1 Å². The lowest BCUT2D eigenvalue weighted by molar-refractivity contribution is -0.135. The molecule has 4 amide bonds. The third-order valence-electron chi connectivity index (χ3n) is 12.2. The Morgan fingerprint density at radius 3 is 1.79 bits per heavy atom. The Bertz CT molecular complexity index is 2380. The van der Waals surface area contributed by atoms with Crippen LogP contribution in [-0.2, 0) is 19.1 Å². The molecular weight excluding hydrogens is 813 g/mol. The molecule has 5 aromatic rings. The van der Waals surface area contributed by atoms with Gasteiger partial charge in [-0.2, -0.15) is 0 Å². The molecule has 4 N–H and O–H groups in total. The summed E-state index contributed by atoms with van der Waals surface area (Å²) in [7, 11) is 1.24. The number of amides is 4. The number of imidazole rings is 2. The number of carbonyl (C=O) groups is 4. The van der Waals surface area contributed by atoms with Crippen molar-refractivity contribution in [3.63, 3.8) is 0 Å². The molecule has 3 aliphatic rings. The summed E-state index contributed by atoms with van der Waals surface area (Å²) in [6.45, 7) is 3.65. The first-order valence-electron chi connectivity index (χ1n) is 21.5. The van der Waals surface area contributed by atoms with Gasteiger partial charge in [-0.15, -0.1) is 0 Å². The van der Waals surface area contributed by atoms with Gasteiger partial charge in [0.15, 0.2) is 0 Å². The zero-order chi connectivity index (χ0) is 44.0. The number of methoxy groups -OCH3 is 1. The first kappa shape index (κ1) is 42.9. The number of carbonyl (C=O) groups excluding carboxylic acids is 4. The number of aromatic amines is 2. The van der Waals surface area contributed by atoms with Crippen molar-refractivity contribution in [3.8, 4) is 11.3 Å². The number of H-pyrrole nitrogens is 2. The van der Waals surface area contributed by atoms with Crippen LogP contribution in [0.3, 0.4) is 0 Å². The fraction of sp³-hybridized carbons (Fsp3) is 0.391. The Balaban J connectivity index is 0.911. The molecule has 8 rings (SSSR count). The molecule has 0 spiro atoms. The van der Waals surface area contributed by atoms with E-state index in [2.05, 4.69) is 25.6 Å². The first-order chi connectivity index (χ1) is 30.6. The standard InChI is InChI=1S/C46H51F2N9O6/c1-3-63-46(61)54-39(30-14-8-5-9-15-30)44(59)57-21-10-16-36(57)41-49-26-34(51-41)28-18-22-55(23-19-28)40-32(47)24-31(25-33(40)48)35-27-50-42(52-35)37-17-11-20-56(37)43(58)38(53-45(60)62-2)29-12-6-4-7-13-29/h4-9,12-15,24-28,36-39H,3,10-11,16-23H2,1-2H3,(H,49,51)(H,50,52)(H,53,60)(H,54,61). The molecule has 5 heterocycles. The van der Waals surface area contributed by atoms with Crippen molar-refractivity contribution in [1.29, 1.82) is 0 Å². The van der Waals surface area contributed by atoms with Gasteiger partial charge in [-0.25, -0.2) is 28.3 Å². The van der Waals surface area contributed by atoms with E-state index in [1.165, 1.54) is 25.4 Å². The number of nitrogens with zero attached hydrogens (tertiary/aromatic N) is 5. The summed E-state index contributed by atoms with van der Waals surface area (Å²) in [5, 5.41) is 5.39. The second-order valence-electron chi connectivity index (χ2n) is 16.0. The molecule has 2 aromatic heterocycles. The van der Waals surface area contributed by atoms with E-state index in [1.54, 1.807) is 64.2 Å². The number of benzene rings is 3. The van der Waals surface area contributed by atoms with Crippen molar-refractivity contribution < 1.29 is 37.4 Å². The zero-order valence-electron chi connectivity index (χ0n) is 35.2. The second kappa shape index (κ2) is 19.1. The second-order valence-corrected chi connectivity index (χ2v) is 16.0. The van der Waals surface area contributed by atoms with Crippen molar-refractivity contribution in [2.75, 3.05) is 44.8 Å². The minimum absolute atomic E-state index is 0.0608. The van der Waals surface area contributed by atoms with Crippen LogP contribution in [0.15, 0.2) is 85.2 Å². The van der Waals surface area contributed by atoms with Gasteiger partial charge in [-0.1, -0.05) is 60.7 Å². The van der Waals surface area contributed by atoms with E-state index in [4.69, 9.17) is 14.5 Å². The van der Waals surface area contributed by atoms with E-state index in [0.29, 0.717) is 86.8 Å². The van der Waals surface area contributed by atoms with Crippen LogP contribution in [0.2, 0.25) is 0 Å². The predicted octanol–water partition coefficient (Wildman–Crippen LogP) is 7.37.